The third kappa shape index (κ3) is 6.59. The molecule has 0 saturated carbocycles. The third-order valence-electron chi connectivity index (χ3n) is 2.62. The highest BCUT2D eigenvalue weighted by Gasteiger charge is 1.95. The lowest BCUT2D eigenvalue weighted by atomic mass is 10.2. The molecule has 0 saturated heterocycles. The van der Waals surface area contributed by atoms with Crippen molar-refractivity contribution < 1.29 is 14.9 Å². The molecule has 0 heterocycles. The molecule has 0 spiro atoms. The number of hydrogen-bond donors (Lipinski definition) is 3. The molecule has 4 nitrogen and oxygen atoms in total. The molecule has 0 aliphatic carbocycles. The first-order valence-corrected chi connectivity index (χ1v) is 6.51. The van der Waals surface area contributed by atoms with Gasteiger partial charge in [0.25, 0.3) is 0 Å². The summed E-state index contributed by atoms with van der Waals surface area (Å²) in [6.07, 6.45) is 3.05. The lowest BCUT2D eigenvalue weighted by Crippen LogP contribution is -2.14. The van der Waals surface area contributed by atoms with Gasteiger partial charge in [-0.15, -0.1) is 0 Å². The highest BCUT2D eigenvalue weighted by molar-refractivity contribution is 5.27. The summed E-state index contributed by atoms with van der Waals surface area (Å²) < 4.78 is 5.29. The van der Waals surface area contributed by atoms with Gasteiger partial charge in [0, 0.05) is 13.2 Å². The molecule has 0 aromatic heterocycles. The quantitative estimate of drug-likeness (QED) is 0.550. The zero-order valence-electron chi connectivity index (χ0n) is 10.8. The van der Waals surface area contributed by atoms with Crippen LogP contribution in [0.4, 0.5) is 0 Å². The van der Waals surface area contributed by atoms with Crippen molar-refractivity contribution in [1.82, 2.24) is 5.32 Å². The summed E-state index contributed by atoms with van der Waals surface area (Å²) in [6.45, 7) is 2.48. The van der Waals surface area contributed by atoms with Crippen molar-refractivity contribution in [2.45, 2.75) is 25.8 Å². The van der Waals surface area contributed by atoms with E-state index in [4.69, 9.17) is 14.9 Å². The van der Waals surface area contributed by atoms with Crippen LogP contribution in [0.3, 0.4) is 0 Å². The lowest BCUT2D eigenvalue weighted by Gasteiger charge is -2.07. The summed E-state index contributed by atoms with van der Waals surface area (Å²) in [5, 5.41) is 20.6. The summed E-state index contributed by atoms with van der Waals surface area (Å²) in [4.78, 5) is 0. The molecule has 0 amide bonds. The van der Waals surface area contributed by atoms with Crippen LogP contribution in [0.15, 0.2) is 24.3 Å². The van der Waals surface area contributed by atoms with E-state index in [-0.39, 0.29) is 13.2 Å². The standard InChI is InChI=1S/C14H23NO3/c16-9-3-1-2-8-15-12-13-4-6-14(7-5-13)18-11-10-17/h4-7,15-17H,1-3,8-12H2. The molecule has 0 atom stereocenters. The molecular formula is C14H23NO3. The fourth-order valence-corrected chi connectivity index (χ4v) is 1.64. The van der Waals surface area contributed by atoms with Crippen LogP contribution in [0.25, 0.3) is 0 Å². The summed E-state index contributed by atoms with van der Waals surface area (Å²) in [5.41, 5.74) is 1.22. The van der Waals surface area contributed by atoms with Gasteiger partial charge in [0.05, 0.1) is 6.61 Å². The fourth-order valence-electron chi connectivity index (χ4n) is 1.64. The fraction of sp³-hybridized carbons (Fsp3) is 0.571. The number of hydrogen-bond acceptors (Lipinski definition) is 4. The van der Waals surface area contributed by atoms with Gasteiger partial charge in [-0.2, -0.15) is 0 Å². The second-order valence-electron chi connectivity index (χ2n) is 4.18. The molecule has 18 heavy (non-hydrogen) atoms. The molecule has 0 radical (unpaired) electrons. The van der Waals surface area contributed by atoms with Crippen molar-refractivity contribution >= 4 is 0 Å². The summed E-state index contributed by atoms with van der Waals surface area (Å²) in [5.74, 6) is 0.788. The SMILES string of the molecule is OCCCCCNCc1ccc(OCCO)cc1. The molecule has 4 heteroatoms. The van der Waals surface area contributed by atoms with Gasteiger partial charge in [-0.05, 0) is 43.5 Å². The summed E-state index contributed by atoms with van der Waals surface area (Å²) in [7, 11) is 0. The van der Waals surface area contributed by atoms with Crippen molar-refractivity contribution in [2.75, 3.05) is 26.4 Å². The number of aliphatic hydroxyl groups excluding tert-OH is 2. The normalized spacial score (nSPS) is 10.6. The Balaban J connectivity index is 2.14. The number of nitrogens with one attached hydrogen (secondary N) is 1. The zero-order valence-corrected chi connectivity index (χ0v) is 10.8. The van der Waals surface area contributed by atoms with Crippen molar-refractivity contribution in [1.29, 1.82) is 0 Å². The molecule has 1 aromatic carbocycles. The maximum absolute atomic E-state index is 8.64. The monoisotopic (exact) mass is 253 g/mol. The Labute approximate surface area is 109 Å². The van der Waals surface area contributed by atoms with E-state index in [0.29, 0.717) is 6.61 Å². The lowest BCUT2D eigenvalue weighted by molar-refractivity contribution is 0.201. The number of unbranched alkanes of at least 4 members (excludes halogenated alkanes) is 2. The van der Waals surface area contributed by atoms with Crippen LogP contribution in [0, 0.1) is 0 Å². The van der Waals surface area contributed by atoms with Gasteiger partial charge in [0.1, 0.15) is 12.4 Å². The molecule has 0 aliphatic rings. The van der Waals surface area contributed by atoms with Crippen LogP contribution in [0.1, 0.15) is 24.8 Å². The summed E-state index contributed by atoms with van der Waals surface area (Å²) >= 11 is 0. The smallest absolute Gasteiger partial charge is 0.119 e. The van der Waals surface area contributed by atoms with E-state index in [9.17, 15) is 0 Å². The van der Waals surface area contributed by atoms with Crippen LogP contribution >= 0.6 is 0 Å². The second-order valence-corrected chi connectivity index (χ2v) is 4.18. The van der Waals surface area contributed by atoms with E-state index in [1.165, 1.54) is 5.56 Å². The largest absolute Gasteiger partial charge is 0.491 e. The molecule has 0 unspecified atom stereocenters. The Morgan fingerprint density at radius 2 is 1.72 bits per heavy atom. The average Bonchev–Trinajstić information content (AvgIpc) is 2.42. The van der Waals surface area contributed by atoms with Crippen LogP contribution in [0.2, 0.25) is 0 Å². The Morgan fingerprint density at radius 3 is 2.39 bits per heavy atom. The van der Waals surface area contributed by atoms with Gasteiger partial charge in [-0.25, -0.2) is 0 Å². The first-order chi connectivity index (χ1) is 8.86. The summed E-state index contributed by atoms with van der Waals surface area (Å²) in [6, 6.07) is 7.87. The van der Waals surface area contributed by atoms with Crippen LogP contribution < -0.4 is 10.1 Å². The van der Waals surface area contributed by atoms with Gasteiger partial charge in [-0.3, -0.25) is 0 Å². The number of benzene rings is 1. The molecule has 3 N–H and O–H groups in total. The second kappa shape index (κ2) is 9.88. The molecule has 0 aliphatic heterocycles. The van der Waals surface area contributed by atoms with Crippen LogP contribution in [0.5, 0.6) is 5.75 Å². The van der Waals surface area contributed by atoms with E-state index < -0.39 is 0 Å². The van der Waals surface area contributed by atoms with Crippen LogP contribution in [-0.2, 0) is 6.54 Å². The van der Waals surface area contributed by atoms with Gasteiger partial charge in [-0.1, -0.05) is 12.1 Å². The molecule has 0 fully saturated rings. The molecule has 1 aromatic rings. The van der Waals surface area contributed by atoms with E-state index in [2.05, 4.69) is 5.32 Å². The zero-order chi connectivity index (χ0) is 13.1. The highest BCUT2D eigenvalue weighted by Crippen LogP contribution is 2.11. The van der Waals surface area contributed by atoms with Gasteiger partial charge >= 0.3 is 0 Å². The van der Waals surface area contributed by atoms with Crippen molar-refractivity contribution in [2.24, 2.45) is 0 Å². The molecule has 0 bridgehead atoms. The minimum Gasteiger partial charge on any atom is -0.491 e. The van der Waals surface area contributed by atoms with Gasteiger partial charge < -0.3 is 20.3 Å². The molecule has 102 valence electrons. The van der Waals surface area contributed by atoms with E-state index >= 15 is 0 Å². The average molecular weight is 253 g/mol. The van der Waals surface area contributed by atoms with Crippen LogP contribution in [-0.4, -0.2) is 36.6 Å². The molecule has 1 rings (SSSR count). The predicted molar refractivity (Wildman–Crippen MR) is 71.7 cm³/mol. The van der Waals surface area contributed by atoms with Gasteiger partial charge in [0.15, 0.2) is 0 Å². The Hall–Kier alpha value is -1.10. The number of aliphatic hydroxyl groups is 2. The van der Waals surface area contributed by atoms with Crippen molar-refractivity contribution in [3.05, 3.63) is 29.8 Å². The first kappa shape index (κ1) is 15.0. The van der Waals surface area contributed by atoms with E-state index in [0.717, 1.165) is 38.1 Å². The first-order valence-electron chi connectivity index (χ1n) is 6.51. The minimum atomic E-state index is 0.0388. The number of rotatable bonds is 10. The Bertz CT molecular complexity index is 300. The Kier molecular flexibility index (Phi) is 8.21. The maximum Gasteiger partial charge on any atom is 0.119 e. The van der Waals surface area contributed by atoms with E-state index in [1.807, 2.05) is 24.3 Å². The van der Waals surface area contributed by atoms with Crippen molar-refractivity contribution in [3.63, 3.8) is 0 Å². The maximum atomic E-state index is 8.64. The van der Waals surface area contributed by atoms with E-state index in [1.54, 1.807) is 0 Å². The van der Waals surface area contributed by atoms with Gasteiger partial charge in [0.2, 0.25) is 0 Å². The highest BCUT2D eigenvalue weighted by atomic mass is 16.5. The van der Waals surface area contributed by atoms with Crippen molar-refractivity contribution in [3.8, 4) is 5.75 Å². The Morgan fingerprint density at radius 1 is 0.944 bits per heavy atom. The topological polar surface area (TPSA) is 61.7 Å². The minimum absolute atomic E-state index is 0.0388. The third-order valence-corrected chi connectivity index (χ3v) is 2.62. The molecular weight excluding hydrogens is 230 g/mol. The number of ether oxygens (including phenoxy) is 1. The predicted octanol–water partition coefficient (Wildman–Crippen LogP) is 1.31.